The molecule has 5 heteroatoms. The van der Waals surface area contributed by atoms with Gasteiger partial charge in [-0.3, -0.25) is 9.69 Å². The molecule has 1 aliphatic rings. The summed E-state index contributed by atoms with van der Waals surface area (Å²) < 4.78 is 6.93. The number of nitrogens with zero attached hydrogens (tertiary/aromatic N) is 1. The Morgan fingerprint density at radius 2 is 2.22 bits per heavy atom. The Balaban J connectivity index is 2.07. The predicted octanol–water partition coefficient (Wildman–Crippen LogP) is 4.46. The standard InChI is InChI=1S/C18H26BrNO3/c1-2-3-6-11-23-17-9-8-15(19)12-14(17)13-20-10-5-4-7-16(20)18(21)22/h8-9,12,16H,2-7,10-11,13H2,1H3,(H,21,22). The van der Waals surface area contributed by atoms with Gasteiger partial charge >= 0.3 is 5.97 Å². The first-order valence-electron chi connectivity index (χ1n) is 8.50. The van der Waals surface area contributed by atoms with Gasteiger partial charge in [-0.1, -0.05) is 42.1 Å². The van der Waals surface area contributed by atoms with Gasteiger partial charge in [0.25, 0.3) is 0 Å². The van der Waals surface area contributed by atoms with Crippen LogP contribution in [0.2, 0.25) is 0 Å². The zero-order valence-corrected chi connectivity index (χ0v) is 15.3. The molecule has 128 valence electrons. The Bertz CT molecular complexity index is 521. The molecule has 1 unspecified atom stereocenters. The van der Waals surface area contributed by atoms with E-state index >= 15 is 0 Å². The summed E-state index contributed by atoms with van der Waals surface area (Å²) >= 11 is 3.51. The van der Waals surface area contributed by atoms with Crippen molar-refractivity contribution in [2.45, 2.75) is 58.0 Å². The highest BCUT2D eigenvalue weighted by Crippen LogP contribution is 2.28. The molecule has 1 saturated heterocycles. The lowest BCUT2D eigenvalue weighted by molar-refractivity contribution is -0.144. The van der Waals surface area contributed by atoms with Crippen LogP contribution in [-0.4, -0.2) is 35.2 Å². The second-order valence-corrected chi connectivity index (χ2v) is 7.04. The van der Waals surface area contributed by atoms with E-state index in [1.807, 2.05) is 18.2 Å². The van der Waals surface area contributed by atoms with Crippen LogP contribution >= 0.6 is 15.9 Å². The second-order valence-electron chi connectivity index (χ2n) is 6.13. The Kier molecular flexibility index (Phi) is 7.37. The van der Waals surface area contributed by atoms with Crippen LogP contribution in [0.5, 0.6) is 5.75 Å². The average molecular weight is 384 g/mol. The number of benzene rings is 1. The van der Waals surface area contributed by atoms with Crippen LogP contribution in [0.4, 0.5) is 0 Å². The van der Waals surface area contributed by atoms with E-state index in [4.69, 9.17) is 4.74 Å². The molecule has 4 nitrogen and oxygen atoms in total. The molecule has 1 aliphatic heterocycles. The number of likely N-dealkylation sites (tertiary alicyclic amines) is 1. The molecular weight excluding hydrogens is 358 g/mol. The third-order valence-electron chi connectivity index (χ3n) is 4.30. The Hall–Kier alpha value is -1.07. The van der Waals surface area contributed by atoms with Gasteiger partial charge in [0.1, 0.15) is 11.8 Å². The topological polar surface area (TPSA) is 49.8 Å². The van der Waals surface area contributed by atoms with Crippen molar-refractivity contribution < 1.29 is 14.6 Å². The van der Waals surface area contributed by atoms with Gasteiger partial charge in [-0.2, -0.15) is 0 Å². The van der Waals surface area contributed by atoms with E-state index in [1.165, 1.54) is 12.8 Å². The number of hydrogen-bond donors (Lipinski definition) is 1. The second kappa shape index (κ2) is 9.28. The number of halogens is 1. The number of carbonyl (C=O) groups is 1. The summed E-state index contributed by atoms with van der Waals surface area (Å²) in [5.74, 6) is 0.157. The van der Waals surface area contributed by atoms with Gasteiger partial charge in [-0.15, -0.1) is 0 Å². The SMILES string of the molecule is CCCCCOc1ccc(Br)cc1CN1CCCCC1C(=O)O. The van der Waals surface area contributed by atoms with Crippen molar-refractivity contribution in [3.05, 3.63) is 28.2 Å². The fourth-order valence-electron chi connectivity index (χ4n) is 3.03. The molecule has 0 spiro atoms. The molecule has 1 atom stereocenters. The van der Waals surface area contributed by atoms with Crippen molar-refractivity contribution in [1.82, 2.24) is 4.90 Å². The Morgan fingerprint density at radius 1 is 1.39 bits per heavy atom. The third-order valence-corrected chi connectivity index (χ3v) is 4.79. The molecule has 1 heterocycles. The summed E-state index contributed by atoms with van der Waals surface area (Å²) in [6.07, 6.45) is 6.17. The lowest BCUT2D eigenvalue weighted by Crippen LogP contribution is -2.44. The third kappa shape index (κ3) is 5.50. The van der Waals surface area contributed by atoms with Gasteiger partial charge in [0.2, 0.25) is 0 Å². The fourth-order valence-corrected chi connectivity index (χ4v) is 3.43. The molecule has 0 amide bonds. The van der Waals surface area contributed by atoms with Crippen molar-refractivity contribution >= 4 is 21.9 Å². The summed E-state index contributed by atoms with van der Waals surface area (Å²) in [7, 11) is 0. The number of piperidine rings is 1. The van der Waals surface area contributed by atoms with E-state index in [2.05, 4.69) is 27.8 Å². The maximum Gasteiger partial charge on any atom is 0.320 e. The van der Waals surface area contributed by atoms with Gasteiger partial charge in [0.05, 0.1) is 6.61 Å². The maximum atomic E-state index is 11.5. The molecule has 1 aromatic rings. The van der Waals surface area contributed by atoms with Gasteiger partial charge in [-0.25, -0.2) is 0 Å². The number of carboxylic acids is 1. The van der Waals surface area contributed by atoms with Crippen LogP contribution in [0.25, 0.3) is 0 Å². The van der Waals surface area contributed by atoms with Gasteiger partial charge in [-0.05, 0) is 44.0 Å². The fraction of sp³-hybridized carbons (Fsp3) is 0.611. The summed E-state index contributed by atoms with van der Waals surface area (Å²) in [6.45, 7) is 4.34. The Labute approximate surface area is 147 Å². The molecule has 1 aromatic carbocycles. The molecule has 2 rings (SSSR count). The van der Waals surface area contributed by atoms with E-state index in [0.29, 0.717) is 13.2 Å². The summed E-state index contributed by atoms with van der Waals surface area (Å²) in [6, 6.07) is 5.62. The van der Waals surface area contributed by atoms with E-state index in [1.54, 1.807) is 0 Å². The number of aliphatic carboxylic acids is 1. The number of ether oxygens (including phenoxy) is 1. The highest BCUT2D eigenvalue weighted by Gasteiger charge is 2.28. The summed E-state index contributed by atoms with van der Waals surface area (Å²) in [5.41, 5.74) is 1.06. The lowest BCUT2D eigenvalue weighted by atomic mass is 10.0. The molecule has 23 heavy (non-hydrogen) atoms. The molecule has 1 N–H and O–H groups in total. The minimum absolute atomic E-state index is 0.379. The monoisotopic (exact) mass is 383 g/mol. The molecular formula is C18H26BrNO3. The van der Waals surface area contributed by atoms with Gasteiger partial charge in [0, 0.05) is 16.6 Å². The first-order valence-corrected chi connectivity index (χ1v) is 9.29. The smallest absolute Gasteiger partial charge is 0.320 e. The van der Waals surface area contributed by atoms with Crippen molar-refractivity contribution in [2.24, 2.45) is 0 Å². The highest BCUT2D eigenvalue weighted by atomic mass is 79.9. The lowest BCUT2D eigenvalue weighted by Gasteiger charge is -2.33. The van der Waals surface area contributed by atoms with E-state index < -0.39 is 5.97 Å². The van der Waals surface area contributed by atoms with Crippen LogP contribution in [0.3, 0.4) is 0 Å². The van der Waals surface area contributed by atoms with Crippen LogP contribution in [0, 0.1) is 0 Å². The molecule has 0 aliphatic carbocycles. The molecule has 0 radical (unpaired) electrons. The number of rotatable bonds is 8. The van der Waals surface area contributed by atoms with Crippen LogP contribution in [0.15, 0.2) is 22.7 Å². The van der Waals surface area contributed by atoms with Crippen molar-refractivity contribution in [2.75, 3.05) is 13.2 Å². The first kappa shape index (κ1) is 18.3. The van der Waals surface area contributed by atoms with E-state index in [9.17, 15) is 9.90 Å². The molecule has 0 saturated carbocycles. The van der Waals surface area contributed by atoms with Gasteiger partial charge in [0.15, 0.2) is 0 Å². The number of carboxylic acid groups (broad SMARTS) is 1. The zero-order valence-electron chi connectivity index (χ0n) is 13.8. The summed E-state index contributed by atoms with van der Waals surface area (Å²) in [5, 5.41) is 9.43. The predicted molar refractivity (Wildman–Crippen MR) is 94.8 cm³/mol. The highest BCUT2D eigenvalue weighted by molar-refractivity contribution is 9.10. The molecule has 0 aromatic heterocycles. The maximum absolute atomic E-state index is 11.5. The quantitative estimate of drug-likeness (QED) is 0.673. The molecule has 1 fully saturated rings. The Morgan fingerprint density at radius 3 is 2.96 bits per heavy atom. The minimum atomic E-state index is -0.717. The average Bonchev–Trinajstić information content (AvgIpc) is 2.53. The van der Waals surface area contributed by atoms with Crippen LogP contribution in [-0.2, 0) is 11.3 Å². The van der Waals surface area contributed by atoms with Gasteiger partial charge < -0.3 is 9.84 Å². The van der Waals surface area contributed by atoms with Crippen molar-refractivity contribution in [3.63, 3.8) is 0 Å². The zero-order chi connectivity index (χ0) is 16.7. The summed E-state index contributed by atoms with van der Waals surface area (Å²) in [4.78, 5) is 13.5. The minimum Gasteiger partial charge on any atom is -0.493 e. The van der Waals surface area contributed by atoms with Crippen molar-refractivity contribution in [1.29, 1.82) is 0 Å². The molecule has 0 bridgehead atoms. The van der Waals surface area contributed by atoms with Crippen LogP contribution in [0.1, 0.15) is 51.0 Å². The first-order chi connectivity index (χ1) is 11.1. The number of hydrogen-bond acceptors (Lipinski definition) is 3. The normalized spacial score (nSPS) is 18.8. The van der Waals surface area contributed by atoms with Crippen LogP contribution < -0.4 is 4.74 Å². The largest absolute Gasteiger partial charge is 0.493 e. The van der Waals surface area contributed by atoms with E-state index in [0.717, 1.165) is 48.0 Å². The number of unbranched alkanes of at least 4 members (excludes halogenated alkanes) is 2. The van der Waals surface area contributed by atoms with E-state index in [-0.39, 0.29) is 6.04 Å². The van der Waals surface area contributed by atoms with Crippen molar-refractivity contribution in [3.8, 4) is 5.75 Å².